The molecule has 1 atom stereocenters. The molecule has 2 N–H and O–H groups in total. The zero-order valence-electron chi connectivity index (χ0n) is 18.6. The minimum Gasteiger partial charge on any atom is -0.481 e. The first-order valence-corrected chi connectivity index (χ1v) is 11.1. The van der Waals surface area contributed by atoms with E-state index in [4.69, 9.17) is 4.74 Å². The number of hydrogen-bond donors (Lipinski definition) is 2. The summed E-state index contributed by atoms with van der Waals surface area (Å²) in [4.78, 5) is 24.8. The van der Waals surface area contributed by atoms with Gasteiger partial charge in [0.1, 0.15) is 5.75 Å². The van der Waals surface area contributed by atoms with Gasteiger partial charge in [-0.05, 0) is 60.4 Å². The number of benzene rings is 3. The van der Waals surface area contributed by atoms with Gasteiger partial charge in [-0.15, -0.1) is 0 Å². The second kappa shape index (κ2) is 11.7. The molecule has 2 amide bonds. The van der Waals surface area contributed by atoms with E-state index in [1.165, 1.54) is 0 Å². The second-order valence-corrected chi connectivity index (χ2v) is 7.58. The average molecular weight is 431 g/mol. The molecule has 0 heterocycles. The summed E-state index contributed by atoms with van der Waals surface area (Å²) >= 11 is 0. The SMILES string of the molecule is CCCCNC(=O)c1ccc(NC(=O)C(CC)Oc2ccc(-c3ccccc3)cc2)cc1. The van der Waals surface area contributed by atoms with Crippen molar-refractivity contribution in [2.45, 2.75) is 39.2 Å². The summed E-state index contributed by atoms with van der Waals surface area (Å²) in [5.41, 5.74) is 3.42. The molecule has 32 heavy (non-hydrogen) atoms. The Balaban J connectivity index is 1.57. The van der Waals surface area contributed by atoms with Crippen LogP contribution in [0.3, 0.4) is 0 Å². The molecule has 0 bridgehead atoms. The van der Waals surface area contributed by atoms with Gasteiger partial charge < -0.3 is 15.4 Å². The predicted molar refractivity (Wildman–Crippen MR) is 129 cm³/mol. The molecule has 3 aromatic carbocycles. The molecule has 0 saturated heterocycles. The lowest BCUT2D eigenvalue weighted by Gasteiger charge is -2.18. The average Bonchev–Trinajstić information content (AvgIpc) is 2.84. The van der Waals surface area contributed by atoms with Crippen molar-refractivity contribution in [1.29, 1.82) is 0 Å². The van der Waals surface area contributed by atoms with Crippen molar-refractivity contribution in [3.8, 4) is 16.9 Å². The van der Waals surface area contributed by atoms with Gasteiger partial charge in [0, 0.05) is 17.8 Å². The van der Waals surface area contributed by atoms with Crippen molar-refractivity contribution in [2.24, 2.45) is 0 Å². The molecule has 0 aliphatic rings. The van der Waals surface area contributed by atoms with Crippen LogP contribution in [0.1, 0.15) is 43.5 Å². The van der Waals surface area contributed by atoms with Crippen LogP contribution in [0.2, 0.25) is 0 Å². The van der Waals surface area contributed by atoms with Gasteiger partial charge in [-0.25, -0.2) is 0 Å². The fourth-order valence-electron chi connectivity index (χ4n) is 3.25. The highest BCUT2D eigenvalue weighted by Gasteiger charge is 2.19. The second-order valence-electron chi connectivity index (χ2n) is 7.58. The molecule has 5 heteroatoms. The van der Waals surface area contributed by atoms with Crippen molar-refractivity contribution in [1.82, 2.24) is 5.32 Å². The van der Waals surface area contributed by atoms with Gasteiger partial charge in [0.05, 0.1) is 0 Å². The summed E-state index contributed by atoms with van der Waals surface area (Å²) in [5, 5.41) is 5.76. The Labute approximate surface area is 189 Å². The lowest BCUT2D eigenvalue weighted by atomic mass is 10.1. The molecule has 0 fully saturated rings. The maximum atomic E-state index is 12.7. The molecule has 0 saturated carbocycles. The third kappa shape index (κ3) is 6.45. The first kappa shape index (κ1) is 23.1. The summed E-state index contributed by atoms with van der Waals surface area (Å²) in [6, 6.07) is 24.7. The third-order valence-corrected chi connectivity index (χ3v) is 5.13. The molecule has 0 radical (unpaired) electrons. The Bertz CT molecular complexity index is 999. The number of unbranched alkanes of at least 4 members (excludes halogenated alkanes) is 1. The quantitative estimate of drug-likeness (QED) is 0.407. The predicted octanol–water partition coefficient (Wildman–Crippen LogP) is 5.68. The number of carbonyl (C=O) groups excluding carboxylic acids is 2. The molecule has 0 aliphatic carbocycles. The van der Waals surface area contributed by atoms with E-state index < -0.39 is 6.10 Å². The number of carbonyl (C=O) groups is 2. The number of ether oxygens (including phenoxy) is 1. The van der Waals surface area contributed by atoms with Crippen molar-refractivity contribution >= 4 is 17.5 Å². The van der Waals surface area contributed by atoms with Crippen molar-refractivity contribution in [3.63, 3.8) is 0 Å². The number of hydrogen-bond acceptors (Lipinski definition) is 3. The van der Waals surface area contributed by atoms with Gasteiger partial charge in [0.25, 0.3) is 11.8 Å². The summed E-state index contributed by atoms with van der Waals surface area (Å²) in [7, 11) is 0. The molecule has 0 spiro atoms. The maximum absolute atomic E-state index is 12.7. The van der Waals surface area contributed by atoms with Gasteiger partial charge in [-0.2, -0.15) is 0 Å². The van der Waals surface area contributed by atoms with E-state index in [9.17, 15) is 9.59 Å². The van der Waals surface area contributed by atoms with Crippen LogP contribution in [0.4, 0.5) is 5.69 Å². The molecule has 166 valence electrons. The van der Waals surface area contributed by atoms with Gasteiger partial charge in [-0.1, -0.05) is 62.7 Å². The summed E-state index contributed by atoms with van der Waals surface area (Å²) in [6.45, 7) is 4.65. The zero-order chi connectivity index (χ0) is 22.8. The van der Waals surface area contributed by atoms with E-state index in [1.807, 2.05) is 49.4 Å². The number of anilines is 1. The molecular formula is C27H30N2O3. The maximum Gasteiger partial charge on any atom is 0.265 e. The van der Waals surface area contributed by atoms with Crippen LogP contribution in [-0.2, 0) is 4.79 Å². The van der Waals surface area contributed by atoms with Crippen LogP contribution in [0.5, 0.6) is 5.75 Å². The summed E-state index contributed by atoms with van der Waals surface area (Å²) < 4.78 is 5.93. The Morgan fingerprint density at radius 3 is 2.12 bits per heavy atom. The molecular weight excluding hydrogens is 400 g/mol. The van der Waals surface area contributed by atoms with Gasteiger partial charge >= 0.3 is 0 Å². The van der Waals surface area contributed by atoms with E-state index in [0.717, 1.165) is 24.0 Å². The van der Waals surface area contributed by atoms with Crippen molar-refractivity contribution < 1.29 is 14.3 Å². The fraction of sp³-hybridized carbons (Fsp3) is 0.259. The monoisotopic (exact) mass is 430 g/mol. The molecule has 5 nitrogen and oxygen atoms in total. The first-order chi connectivity index (χ1) is 15.6. The van der Waals surface area contributed by atoms with E-state index in [-0.39, 0.29) is 11.8 Å². The summed E-state index contributed by atoms with van der Waals surface area (Å²) in [5.74, 6) is 0.315. The highest BCUT2D eigenvalue weighted by molar-refractivity contribution is 5.97. The molecule has 0 aliphatic heterocycles. The Morgan fingerprint density at radius 1 is 0.844 bits per heavy atom. The topological polar surface area (TPSA) is 67.4 Å². The number of rotatable bonds is 10. The van der Waals surface area contributed by atoms with Crippen LogP contribution in [0.25, 0.3) is 11.1 Å². The number of amides is 2. The van der Waals surface area contributed by atoms with Crippen LogP contribution in [0.15, 0.2) is 78.9 Å². The molecule has 3 aromatic rings. The zero-order valence-corrected chi connectivity index (χ0v) is 18.6. The lowest BCUT2D eigenvalue weighted by molar-refractivity contribution is -0.122. The summed E-state index contributed by atoms with van der Waals surface area (Å²) in [6.07, 6.45) is 1.90. The van der Waals surface area contributed by atoms with Crippen LogP contribution in [-0.4, -0.2) is 24.5 Å². The van der Waals surface area contributed by atoms with Gasteiger partial charge in [-0.3, -0.25) is 9.59 Å². The lowest BCUT2D eigenvalue weighted by Crippen LogP contribution is -2.32. The third-order valence-electron chi connectivity index (χ3n) is 5.13. The van der Waals surface area contributed by atoms with Crippen molar-refractivity contribution in [3.05, 3.63) is 84.4 Å². The van der Waals surface area contributed by atoms with E-state index >= 15 is 0 Å². The van der Waals surface area contributed by atoms with Crippen LogP contribution in [0, 0.1) is 0 Å². The Kier molecular flexibility index (Phi) is 8.44. The standard InChI is InChI=1S/C27H30N2O3/c1-3-5-19-28-26(30)22-11-15-23(16-12-22)29-27(31)25(4-2)32-24-17-13-21(14-18-24)20-9-7-6-8-10-20/h6-18,25H,3-5,19H2,1-2H3,(H,28,30)(H,29,31). The van der Waals surface area contributed by atoms with Crippen molar-refractivity contribution in [2.75, 3.05) is 11.9 Å². The van der Waals surface area contributed by atoms with E-state index in [2.05, 4.69) is 29.7 Å². The highest BCUT2D eigenvalue weighted by Crippen LogP contribution is 2.23. The molecule has 3 rings (SSSR count). The highest BCUT2D eigenvalue weighted by atomic mass is 16.5. The van der Waals surface area contributed by atoms with Gasteiger partial charge in [0.15, 0.2) is 6.10 Å². The molecule has 0 aromatic heterocycles. The minimum absolute atomic E-state index is 0.106. The number of nitrogens with one attached hydrogen (secondary N) is 2. The van der Waals surface area contributed by atoms with Crippen LogP contribution >= 0.6 is 0 Å². The fourth-order valence-corrected chi connectivity index (χ4v) is 3.25. The Morgan fingerprint density at radius 2 is 1.50 bits per heavy atom. The normalized spacial score (nSPS) is 11.4. The van der Waals surface area contributed by atoms with Crippen LogP contribution < -0.4 is 15.4 Å². The largest absolute Gasteiger partial charge is 0.481 e. The van der Waals surface area contributed by atoms with Gasteiger partial charge in [0.2, 0.25) is 0 Å². The Hall–Kier alpha value is -3.60. The van der Waals surface area contributed by atoms with E-state index in [1.54, 1.807) is 24.3 Å². The molecule has 1 unspecified atom stereocenters. The smallest absolute Gasteiger partial charge is 0.265 e. The first-order valence-electron chi connectivity index (χ1n) is 11.1. The minimum atomic E-state index is -0.616. The van der Waals surface area contributed by atoms with E-state index in [0.29, 0.717) is 30.0 Å².